The Hall–Kier alpha value is -1.78. The first-order valence-corrected chi connectivity index (χ1v) is 4.40. The van der Waals surface area contributed by atoms with Crippen LogP contribution in [0.15, 0.2) is 17.1 Å². The Labute approximate surface area is 80.3 Å². The molecule has 0 saturated carbocycles. The van der Waals surface area contributed by atoms with Crippen molar-refractivity contribution in [2.75, 3.05) is 7.11 Å². The summed E-state index contributed by atoms with van der Waals surface area (Å²) in [5.74, 6) is 0.581. The second kappa shape index (κ2) is 3.17. The molecule has 2 aromatic heterocycles. The van der Waals surface area contributed by atoms with Gasteiger partial charge < -0.3 is 4.74 Å². The molecule has 0 atom stereocenters. The zero-order valence-corrected chi connectivity index (χ0v) is 8.07. The van der Waals surface area contributed by atoms with Crippen molar-refractivity contribution >= 4 is 5.65 Å². The minimum absolute atomic E-state index is 0.116. The number of aryl methyl sites for hydroxylation is 1. The van der Waals surface area contributed by atoms with Crippen molar-refractivity contribution in [3.8, 4) is 5.75 Å². The van der Waals surface area contributed by atoms with E-state index in [-0.39, 0.29) is 5.56 Å². The molecule has 2 heterocycles. The van der Waals surface area contributed by atoms with Gasteiger partial charge in [0, 0.05) is 11.8 Å². The maximum Gasteiger partial charge on any atom is 0.273 e. The number of nitrogens with zero attached hydrogens (tertiary/aromatic N) is 2. The third kappa shape index (κ3) is 1.17. The standard InChI is InChI=1S/C9H11N3O2/c1-3-6-4-8(13)12-9(11-6)7(14-2)5-10-12/h4-5,10H,3H2,1-2H3. The highest BCUT2D eigenvalue weighted by Gasteiger charge is 2.07. The third-order valence-electron chi connectivity index (χ3n) is 2.10. The average Bonchev–Trinajstić information content (AvgIpc) is 2.61. The van der Waals surface area contributed by atoms with Crippen molar-refractivity contribution in [2.24, 2.45) is 0 Å². The third-order valence-corrected chi connectivity index (χ3v) is 2.10. The summed E-state index contributed by atoms with van der Waals surface area (Å²) < 4.78 is 6.43. The van der Waals surface area contributed by atoms with E-state index < -0.39 is 0 Å². The lowest BCUT2D eigenvalue weighted by Gasteiger charge is -1.98. The van der Waals surface area contributed by atoms with Crippen molar-refractivity contribution in [1.29, 1.82) is 0 Å². The largest absolute Gasteiger partial charge is 0.491 e. The van der Waals surface area contributed by atoms with Crippen molar-refractivity contribution in [3.05, 3.63) is 28.3 Å². The van der Waals surface area contributed by atoms with Gasteiger partial charge >= 0.3 is 0 Å². The lowest BCUT2D eigenvalue weighted by atomic mass is 10.3. The summed E-state index contributed by atoms with van der Waals surface area (Å²) in [5, 5.41) is 2.78. The summed E-state index contributed by atoms with van der Waals surface area (Å²) in [5.41, 5.74) is 1.19. The molecule has 0 unspecified atom stereocenters. The van der Waals surface area contributed by atoms with Gasteiger partial charge in [-0.3, -0.25) is 9.89 Å². The van der Waals surface area contributed by atoms with E-state index in [1.807, 2.05) is 6.92 Å². The summed E-state index contributed by atoms with van der Waals surface area (Å²) >= 11 is 0. The van der Waals surface area contributed by atoms with Crippen molar-refractivity contribution in [2.45, 2.75) is 13.3 Å². The Bertz CT molecular complexity index is 512. The topological polar surface area (TPSA) is 59.4 Å². The van der Waals surface area contributed by atoms with Gasteiger partial charge in [0.15, 0.2) is 11.4 Å². The van der Waals surface area contributed by atoms with Crippen LogP contribution >= 0.6 is 0 Å². The van der Waals surface area contributed by atoms with Gasteiger partial charge in [-0.2, -0.15) is 4.52 Å². The highest BCUT2D eigenvalue weighted by atomic mass is 16.5. The van der Waals surface area contributed by atoms with Gasteiger partial charge in [-0.05, 0) is 6.42 Å². The van der Waals surface area contributed by atoms with E-state index in [1.54, 1.807) is 13.3 Å². The average molecular weight is 193 g/mol. The number of rotatable bonds is 2. The van der Waals surface area contributed by atoms with Crippen LogP contribution in [0.3, 0.4) is 0 Å². The van der Waals surface area contributed by atoms with Gasteiger partial charge in [0.05, 0.1) is 13.3 Å². The predicted molar refractivity (Wildman–Crippen MR) is 51.7 cm³/mol. The van der Waals surface area contributed by atoms with Crippen LogP contribution in [0, 0.1) is 0 Å². The van der Waals surface area contributed by atoms with Crippen LogP contribution < -0.4 is 10.3 Å². The normalized spacial score (nSPS) is 10.7. The highest BCUT2D eigenvalue weighted by molar-refractivity contribution is 5.52. The molecular weight excluding hydrogens is 182 g/mol. The van der Waals surface area contributed by atoms with Crippen LogP contribution in [-0.4, -0.2) is 21.7 Å². The number of aromatic nitrogens is 3. The van der Waals surface area contributed by atoms with Crippen LogP contribution in [0.1, 0.15) is 12.6 Å². The molecule has 5 nitrogen and oxygen atoms in total. The second-order valence-electron chi connectivity index (χ2n) is 2.94. The predicted octanol–water partition coefficient (Wildman–Crippen LogP) is 0.594. The quantitative estimate of drug-likeness (QED) is 0.759. The van der Waals surface area contributed by atoms with E-state index in [2.05, 4.69) is 10.1 Å². The molecular formula is C9H11N3O2. The summed E-state index contributed by atoms with van der Waals surface area (Å²) in [7, 11) is 1.55. The molecule has 74 valence electrons. The van der Waals surface area contributed by atoms with Crippen molar-refractivity contribution in [3.63, 3.8) is 0 Å². The number of methoxy groups -OCH3 is 1. The fraction of sp³-hybridized carbons (Fsp3) is 0.333. The molecule has 5 heteroatoms. The minimum atomic E-state index is -0.116. The molecule has 0 aromatic carbocycles. The Kier molecular flexibility index (Phi) is 1.99. The first-order chi connectivity index (χ1) is 6.76. The number of nitrogens with one attached hydrogen (secondary N) is 1. The summed E-state index contributed by atoms with van der Waals surface area (Å²) in [6.45, 7) is 1.96. The maximum absolute atomic E-state index is 11.5. The van der Waals surface area contributed by atoms with E-state index in [0.717, 1.165) is 12.1 Å². The molecule has 14 heavy (non-hydrogen) atoms. The Morgan fingerprint density at radius 3 is 3.07 bits per heavy atom. The van der Waals surface area contributed by atoms with Gasteiger partial charge in [0.2, 0.25) is 0 Å². The smallest absolute Gasteiger partial charge is 0.273 e. The van der Waals surface area contributed by atoms with Gasteiger partial charge in [-0.25, -0.2) is 4.98 Å². The Morgan fingerprint density at radius 1 is 1.64 bits per heavy atom. The van der Waals surface area contributed by atoms with E-state index in [0.29, 0.717) is 11.4 Å². The Balaban J connectivity index is 2.80. The zero-order valence-electron chi connectivity index (χ0n) is 8.07. The fourth-order valence-corrected chi connectivity index (χ4v) is 1.34. The highest BCUT2D eigenvalue weighted by Crippen LogP contribution is 2.14. The number of ether oxygens (including phenoxy) is 1. The van der Waals surface area contributed by atoms with E-state index in [1.165, 1.54) is 10.6 Å². The van der Waals surface area contributed by atoms with Crippen molar-refractivity contribution < 1.29 is 4.74 Å². The van der Waals surface area contributed by atoms with Crippen LogP contribution in [0.4, 0.5) is 0 Å². The molecule has 0 aliphatic rings. The number of hydrogen-bond donors (Lipinski definition) is 1. The number of fused-ring (bicyclic) bond motifs is 1. The van der Waals surface area contributed by atoms with Gasteiger partial charge in [-0.1, -0.05) is 6.92 Å². The molecule has 2 aromatic rings. The van der Waals surface area contributed by atoms with E-state index in [4.69, 9.17) is 4.74 Å². The van der Waals surface area contributed by atoms with E-state index in [9.17, 15) is 4.79 Å². The molecule has 0 fully saturated rings. The molecule has 0 radical (unpaired) electrons. The van der Waals surface area contributed by atoms with Crippen LogP contribution in [-0.2, 0) is 6.42 Å². The molecule has 0 aliphatic heterocycles. The molecule has 0 spiro atoms. The number of aromatic amines is 1. The fourth-order valence-electron chi connectivity index (χ4n) is 1.34. The second-order valence-corrected chi connectivity index (χ2v) is 2.94. The SMILES string of the molecule is CCc1cc(=O)n2[nH]cc(OC)c2n1. The van der Waals surface area contributed by atoms with Crippen LogP contribution in [0.5, 0.6) is 5.75 Å². The van der Waals surface area contributed by atoms with Crippen LogP contribution in [0.25, 0.3) is 5.65 Å². The molecule has 0 amide bonds. The van der Waals surface area contributed by atoms with Crippen molar-refractivity contribution in [1.82, 2.24) is 14.6 Å². The summed E-state index contributed by atoms with van der Waals surface area (Å²) in [6.07, 6.45) is 2.35. The molecule has 0 bridgehead atoms. The lowest BCUT2D eigenvalue weighted by Crippen LogP contribution is -2.15. The van der Waals surface area contributed by atoms with Crippen LogP contribution in [0.2, 0.25) is 0 Å². The maximum atomic E-state index is 11.5. The first-order valence-electron chi connectivity index (χ1n) is 4.40. The molecule has 2 rings (SSSR count). The summed E-state index contributed by atoms with van der Waals surface area (Å²) in [6, 6.07) is 1.52. The molecule has 0 saturated heterocycles. The van der Waals surface area contributed by atoms with Gasteiger partial charge in [0.25, 0.3) is 5.56 Å². The van der Waals surface area contributed by atoms with E-state index >= 15 is 0 Å². The summed E-state index contributed by atoms with van der Waals surface area (Å²) in [4.78, 5) is 15.8. The first kappa shape index (κ1) is 8.80. The number of H-pyrrole nitrogens is 1. The molecule has 0 aliphatic carbocycles. The monoisotopic (exact) mass is 193 g/mol. The zero-order chi connectivity index (χ0) is 10.1. The van der Waals surface area contributed by atoms with Gasteiger partial charge in [0.1, 0.15) is 0 Å². The molecule has 1 N–H and O–H groups in total. The number of hydrogen-bond acceptors (Lipinski definition) is 3. The minimum Gasteiger partial charge on any atom is -0.491 e. The van der Waals surface area contributed by atoms with Gasteiger partial charge in [-0.15, -0.1) is 0 Å². The Morgan fingerprint density at radius 2 is 2.43 bits per heavy atom. The lowest BCUT2D eigenvalue weighted by molar-refractivity contribution is 0.418.